The fraction of sp³-hybridized carbons (Fsp3) is 0.263. The number of rotatable bonds is 4. The van der Waals surface area contributed by atoms with E-state index in [0.29, 0.717) is 15.3 Å². The molecule has 0 atom stereocenters. The molecule has 0 saturated carbocycles. The lowest BCUT2D eigenvalue weighted by Crippen LogP contribution is -2.38. The van der Waals surface area contributed by atoms with Gasteiger partial charge in [0.2, 0.25) is 5.91 Å². The van der Waals surface area contributed by atoms with Crippen LogP contribution < -0.4 is 10.2 Å². The van der Waals surface area contributed by atoms with Gasteiger partial charge < -0.3 is 10.2 Å². The van der Waals surface area contributed by atoms with Crippen molar-refractivity contribution in [3.8, 4) is 11.3 Å². The Bertz CT molecular complexity index is 970. The number of halogens is 2. The van der Waals surface area contributed by atoms with E-state index in [2.05, 4.69) is 25.4 Å². The summed E-state index contributed by atoms with van der Waals surface area (Å²) in [7, 11) is 0. The molecule has 9 heteroatoms. The lowest BCUT2D eigenvalue weighted by Gasteiger charge is -2.31. The highest BCUT2D eigenvalue weighted by Gasteiger charge is 2.26. The number of carbonyl (C=O) groups excluding carboxylic acids is 1. The summed E-state index contributed by atoms with van der Waals surface area (Å²) in [5, 5.41) is 14.4. The Hall–Kier alpha value is -2.22. The van der Waals surface area contributed by atoms with E-state index < -0.39 is 0 Å². The second-order valence-corrected chi connectivity index (χ2v) is 8.14. The van der Waals surface area contributed by atoms with Crippen LogP contribution in [0.1, 0.15) is 12.8 Å². The molecule has 1 amide bonds. The maximum atomic E-state index is 12.6. The normalized spacial score (nSPS) is 14.9. The topological polar surface area (TPSA) is 71.0 Å². The fourth-order valence-electron chi connectivity index (χ4n) is 3.18. The summed E-state index contributed by atoms with van der Waals surface area (Å²) in [4.78, 5) is 19.3. The third-order valence-electron chi connectivity index (χ3n) is 4.69. The highest BCUT2D eigenvalue weighted by molar-refractivity contribution is 7.14. The fourth-order valence-corrected chi connectivity index (χ4v) is 4.23. The molecule has 1 aliphatic heterocycles. The number of piperidine rings is 1. The van der Waals surface area contributed by atoms with Crippen molar-refractivity contribution in [2.45, 2.75) is 12.8 Å². The molecule has 3 aromatic rings. The van der Waals surface area contributed by atoms with Crippen molar-refractivity contribution in [2.75, 3.05) is 23.3 Å². The van der Waals surface area contributed by atoms with E-state index in [9.17, 15) is 4.79 Å². The lowest BCUT2D eigenvalue weighted by atomic mass is 9.96. The Balaban J connectivity index is 1.35. The smallest absolute Gasteiger partial charge is 0.229 e. The molecule has 0 aliphatic carbocycles. The molecule has 1 aromatic carbocycles. The number of amides is 1. The first-order valence-electron chi connectivity index (χ1n) is 8.85. The molecule has 0 unspecified atom stereocenters. The number of thiazole rings is 1. The first-order chi connectivity index (χ1) is 13.6. The number of hydrogen-bond donors (Lipinski definition) is 1. The summed E-state index contributed by atoms with van der Waals surface area (Å²) in [6, 6.07) is 11.1. The van der Waals surface area contributed by atoms with Crippen LogP contribution >= 0.6 is 34.5 Å². The molecule has 1 saturated heterocycles. The van der Waals surface area contributed by atoms with Gasteiger partial charge in [0.25, 0.3) is 0 Å². The minimum Gasteiger partial charge on any atom is -0.355 e. The van der Waals surface area contributed by atoms with Crippen LogP contribution in [0.4, 0.5) is 10.9 Å². The molecule has 3 heterocycles. The van der Waals surface area contributed by atoms with Crippen LogP contribution in [0.15, 0.2) is 41.8 Å². The van der Waals surface area contributed by atoms with Crippen molar-refractivity contribution < 1.29 is 4.79 Å². The SMILES string of the molecule is O=C(Nc1nc(-c2ccccc2Cl)cs1)C1CCN(c2ccc(Cl)nn2)CC1. The van der Waals surface area contributed by atoms with Gasteiger partial charge >= 0.3 is 0 Å². The van der Waals surface area contributed by atoms with E-state index in [4.69, 9.17) is 23.2 Å². The summed E-state index contributed by atoms with van der Waals surface area (Å²) in [6.07, 6.45) is 1.50. The molecule has 1 N–H and O–H groups in total. The zero-order chi connectivity index (χ0) is 19.5. The van der Waals surface area contributed by atoms with Crippen LogP contribution in [0.25, 0.3) is 11.3 Å². The van der Waals surface area contributed by atoms with E-state index in [1.165, 1.54) is 11.3 Å². The summed E-state index contributed by atoms with van der Waals surface area (Å²) in [5.41, 5.74) is 1.63. The van der Waals surface area contributed by atoms with Gasteiger partial charge in [0.15, 0.2) is 16.1 Å². The standard InChI is InChI=1S/C19H17Cl2N5OS/c20-14-4-2-1-3-13(14)15-11-28-19(22-15)23-18(27)12-7-9-26(10-8-12)17-6-5-16(21)24-25-17/h1-6,11-12H,7-10H2,(H,22,23,27). The van der Waals surface area contributed by atoms with Gasteiger partial charge in [0.1, 0.15) is 0 Å². The second kappa shape index (κ2) is 8.43. The van der Waals surface area contributed by atoms with Gasteiger partial charge in [-0.1, -0.05) is 41.4 Å². The predicted octanol–water partition coefficient (Wildman–Crippen LogP) is 4.76. The van der Waals surface area contributed by atoms with Crippen molar-refractivity contribution >= 4 is 51.4 Å². The average molecular weight is 434 g/mol. The van der Waals surface area contributed by atoms with Crippen LogP contribution in [-0.2, 0) is 4.79 Å². The van der Waals surface area contributed by atoms with Crippen molar-refractivity contribution in [1.82, 2.24) is 15.2 Å². The van der Waals surface area contributed by atoms with E-state index in [0.717, 1.165) is 43.0 Å². The van der Waals surface area contributed by atoms with Crippen molar-refractivity contribution in [1.29, 1.82) is 0 Å². The summed E-state index contributed by atoms with van der Waals surface area (Å²) in [6.45, 7) is 1.49. The number of anilines is 2. The number of aromatic nitrogens is 3. The molecule has 0 bridgehead atoms. The van der Waals surface area contributed by atoms with Crippen LogP contribution in [0.3, 0.4) is 0 Å². The summed E-state index contributed by atoms with van der Waals surface area (Å²) >= 11 is 13.4. The largest absolute Gasteiger partial charge is 0.355 e. The molecule has 6 nitrogen and oxygen atoms in total. The Kier molecular flexibility index (Phi) is 5.75. The van der Waals surface area contributed by atoms with Gasteiger partial charge in [-0.05, 0) is 31.0 Å². The minimum absolute atomic E-state index is 0.00176. The Morgan fingerprint density at radius 3 is 2.61 bits per heavy atom. The monoisotopic (exact) mass is 433 g/mol. The van der Waals surface area contributed by atoms with E-state index in [1.807, 2.05) is 35.7 Å². The quantitative estimate of drug-likeness (QED) is 0.641. The van der Waals surface area contributed by atoms with Gasteiger partial charge in [-0.25, -0.2) is 4.98 Å². The average Bonchev–Trinajstić information content (AvgIpc) is 3.17. The van der Waals surface area contributed by atoms with Gasteiger partial charge in [-0.2, -0.15) is 0 Å². The number of nitrogens with one attached hydrogen (secondary N) is 1. The van der Waals surface area contributed by atoms with E-state index >= 15 is 0 Å². The van der Waals surface area contributed by atoms with Gasteiger partial charge in [-0.15, -0.1) is 21.5 Å². The third kappa shape index (κ3) is 4.27. The number of hydrogen-bond acceptors (Lipinski definition) is 6. The Morgan fingerprint density at radius 1 is 1.11 bits per heavy atom. The zero-order valence-electron chi connectivity index (χ0n) is 14.8. The minimum atomic E-state index is -0.0517. The lowest BCUT2D eigenvalue weighted by molar-refractivity contribution is -0.120. The molecule has 1 aliphatic rings. The molecular weight excluding hydrogens is 417 g/mol. The Labute approximate surface area is 176 Å². The van der Waals surface area contributed by atoms with Crippen molar-refractivity contribution in [3.05, 3.63) is 52.0 Å². The molecular formula is C19H17Cl2N5OS. The van der Waals surface area contributed by atoms with E-state index in [-0.39, 0.29) is 11.8 Å². The van der Waals surface area contributed by atoms with Crippen molar-refractivity contribution in [2.24, 2.45) is 5.92 Å². The summed E-state index contributed by atoms with van der Waals surface area (Å²) < 4.78 is 0. The molecule has 1 fully saturated rings. The molecule has 4 rings (SSSR count). The van der Waals surface area contributed by atoms with Crippen LogP contribution in [-0.4, -0.2) is 34.2 Å². The van der Waals surface area contributed by atoms with Crippen LogP contribution in [0, 0.1) is 5.92 Å². The maximum Gasteiger partial charge on any atom is 0.229 e. The van der Waals surface area contributed by atoms with Gasteiger partial charge in [0.05, 0.1) is 5.69 Å². The molecule has 144 valence electrons. The summed E-state index contributed by atoms with van der Waals surface area (Å²) in [5.74, 6) is 0.735. The van der Waals surface area contributed by atoms with E-state index in [1.54, 1.807) is 6.07 Å². The number of benzene rings is 1. The molecule has 2 aromatic heterocycles. The van der Waals surface area contributed by atoms with Gasteiger partial charge in [0, 0.05) is 35.0 Å². The second-order valence-electron chi connectivity index (χ2n) is 6.48. The Morgan fingerprint density at radius 2 is 1.89 bits per heavy atom. The predicted molar refractivity (Wildman–Crippen MR) is 113 cm³/mol. The molecule has 28 heavy (non-hydrogen) atoms. The molecule has 0 spiro atoms. The molecule has 0 radical (unpaired) electrons. The highest BCUT2D eigenvalue weighted by atomic mass is 35.5. The third-order valence-corrected chi connectivity index (χ3v) is 5.98. The highest BCUT2D eigenvalue weighted by Crippen LogP contribution is 2.31. The first kappa shape index (κ1) is 19.1. The van der Waals surface area contributed by atoms with Crippen molar-refractivity contribution in [3.63, 3.8) is 0 Å². The first-order valence-corrected chi connectivity index (χ1v) is 10.5. The number of carbonyl (C=O) groups is 1. The zero-order valence-corrected chi connectivity index (χ0v) is 17.1. The number of nitrogens with zero attached hydrogens (tertiary/aromatic N) is 4. The van der Waals surface area contributed by atoms with Gasteiger partial charge in [-0.3, -0.25) is 4.79 Å². The van der Waals surface area contributed by atoms with Crippen LogP contribution in [0.5, 0.6) is 0 Å². The maximum absolute atomic E-state index is 12.6. The van der Waals surface area contributed by atoms with Crippen LogP contribution in [0.2, 0.25) is 10.2 Å².